The summed E-state index contributed by atoms with van der Waals surface area (Å²) in [4.78, 5) is 0. The van der Waals surface area contributed by atoms with Gasteiger partial charge in [-0.3, -0.25) is 0 Å². The maximum absolute atomic E-state index is 6.34. The lowest BCUT2D eigenvalue weighted by atomic mass is 9.68. The van der Waals surface area contributed by atoms with Crippen molar-refractivity contribution in [1.29, 1.82) is 0 Å². The molecule has 0 aromatic heterocycles. The van der Waals surface area contributed by atoms with Crippen molar-refractivity contribution in [3.63, 3.8) is 0 Å². The quantitative estimate of drug-likeness (QED) is 0.582. The Hall–Kier alpha value is 0.290. The Bertz CT molecular complexity index is 172. The van der Waals surface area contributed by atoms with Gasteiger partial charge in [-0.1, -0.05) is 19.8 Å². The molecule has 2 aliphatic rings. The van der Waals surface area contributed by atoms with E-state index in [0.29, 0.717) is 5.38 Å². The predicted molar refractivity (Wildman–Crippen MR) is 62.8 cm³/mol. The Labute approximate surface area is 93.4 Å². The summed E-state index contributed by atoms with van der Waals surface area (Å²) >= 11 is 6.34. The highest BCUT2D eigenvalue weighted by Crippen LogP contribution is 2.51. The molecule has 0 nitrogen and oxygen atoms in total. The summed E-state index contributed by atoms with van der Waals surface area (Å²) in [5.41, 5.74) is 0.779. The Balaban J connectivity index is 1.85. The summed E-state index contributed by atoms with van der Waals surface area (Å²) in [5.74, 6) is 0.827. The van der Waals surface area contributed by atoms with Crippen LogP contribution < -0.4 is 0 Å². The maximum Gasteiger partial charge on any atom is 0.0361 e. The molecule has 0 N–H and O–H groups in total. The molecule has 0 heterocycles. The van der Waals surface area contributed by atoms with E-state index in [2.05, 4.69) is 6.92 Å². The minimum atomic E-state index is 0.453. The standard InChI is InChI=1S/C13H23Cl/c1-2-12(14)11-5-9-13(10-6-11)7-3-4-8-13/h11-12H,2-10H2,1H3. The first-order chi connectivity index (χ1) is 6.76. The molecule has 2 rings (SSSR count). The zero-order valence-corrected chi connectivity index (χ0v) is 10.2. The van der Waals surface area contributed by atoms with Crippen molar-refractivity contribution < 1.29 is 0 Å². The molecule has 0 amide bonds. The maximum atomic E-state index is 6.34. The monoisotopic (exact) mass is 214 g/mol. The van der Waals surface area contributed by atoms with Crippen LogP contribution in [0.15, 0.2) is 0 Å². The number of halogens is 1. The van der Waals surface area contributed by atoms with Crippen molar-refractivity contribution in [1.82, 2.24) is 0 Å². The van der Waals surface area contributed by atoms with Gasteiger partial charge in [-0.15, -0.1) is 11.6 Å². The molecule has 2 aliphatic carbocycles. The Morgan fingerprint density at radius 2 is 1.71 bits per heavy atom. The molecule has 0 saturated heterocycles. The Kier molecular flexibility index (Phi) is 3.42. The van der Waals surface area contributed by atoms with Gasteiger partial charge in [0.1, 0.15) is 0 Å². The molecule has 1 atom stereocenters. The first kappa shape index (κ1) is 10.8. The smallest absolute Gasteiger partial charge is 0.0361 e. The van der Waals surface area contributed by atoms with Gasteiger partial charge in [0, 0.05) is 5.38 Å². The van der Waals surface area contributed by atoms with E-state index in [1.165, 1.54) is 51.4 Å². The summed E-state index contributed by atoms with van der Waals surface area (Å²) < 4.78 is 0. The third kappa shape index (κ3) is 2.10. The molecule has 0 bridgehead atoms. The first-order valence-corrected chi connectivity index (χ1v) is 6.83. The van der Waals surface area contributed by atoms with Crippen LogP contribution in [0.1, 0.15) is 64.7 Å². The summed E-state index contributed by atoms with van der Waals surface area (Å²) in [6.45, 7) is 2.22. The average molecular weight is 215 g/mol. The number of alkyl halides is 1. The lowest BCUT2D eigenvalue weighted by Gasteiger charge is -2.38. The van der Waals surface area contributed by atoms with Crippen molar-refractivity contribution in [3.05, 3.63) is 0 Å². The molecular formula is C13H23Cl. The molecule has 2 saturated carbocycles. The topological polar surface area (TPSA) is 0 Å². The summed E-state index contributed by atoms with van der Waals surface area (Å²) in [6, 6.07) is 0. The predicted octanol–water partition coefficient (Wildman–Crippen LogP) is 4.75. The SMILES string of the molecule is CCC(Cl)C1CCC2(CCCC2)CC1. The molecule has 0 aromatic rings. The normalized spacial score (nSPS) is 29.6. The fourth-order valence-electron chi connectivity index (χ4n) is 3.57. The average Bonchev–Trinajstić information content (AvgIpc) is 2.67. The van der Waals surface area contributed by atoms with Crippen molar-refractivity contribution in [2.45, 2.75) is 70.1 Å². The lowest BCUT2D eigenvalue weighted by Crippen LogP contribution is -2.28. The van der Waals surface area contributed by atoms with Gasteiger partial charge in [-0.05, 0) is 56.3 Å². The zero-order chi connectivity index (χ0) is 10.0. The van der Waals surface area contributed by atoms with E-state index in [4.69, 9.17) is 11.6 Å². The van der Waals surface area contributed by atoms with Crippen molar-refractivity contribution in [3.8, 4) is 0 Å². The summed E-state index contributed by atoms with van der Waals surface area (Å²) in [6.07, 6.45) is 12.9. The van der Waals surface area contributed by atoms with Gasteiger partial charge >= 0.3 is 0 Å². The van der Waals surface area contributed by atoms with Gasteiger partial charge in [0.2, 0.25) is 0 Å². The van der Waals surface area contributed by atoms with Gasteiger partial charge < -0.3 is 0 Å². The zero-order valence-electron chi connectivity index (χ0n) is 9.40. The highest BCUT2D eigenvalue weighted by molar-refractivity contribution is 6.20. The molecule has 0 radical (unpaired) electrons. The molecule has 1 heteroatoms. The first-order valence-electron chi connectivity index (χ1n) is 6.40. The highest BCUT2D eigenvalue weighted by atomic mass is 35.5. The van der Waals surface area contributed by atoms with E-state index < -0.39 is 0 Å². The molecule has 82 valence electrons. The second-order valence-corrected chi connectivity index (χ2v) is 6.03. The van der Waals surface area contributed by atoms with Crippen molar-refractivity contribution in [2.24, 2.45) is 11.3 Å². The number of hydrogen-bond donors (Lipinski definition) is 0. The highest BCUT2D eigenvalue weighted by Gasteiger charge is 2.38. The van der Waals surface area contributed by atoms with Crippen LogP contribution in [0.4, 0.5) is 0 Å². The number of hydrogen-bond acceptors (Lipinski definition) is 0. The number of rotatable bonds is 2. The van der Waals surface area contributed by atoms with Gasteiger partial charge in [0.05, 0.1) is 0 Å². The van der Waals surface area contributed by atoms with Crippen LogP contribution in [-0.2, 0) is 0 Å². The van der Waals surface area contributed by atoms with Crippen molar-refractivity contribution in [2.75, 3.05) is 0 Å². The van der Waals surface area contributed by atoms with Crippen LogP contribution in [-0.4, -0.2) is 5.38 Å². The summed E-state index contributed by atoms with van der Waals surface area (Å²) in [5, 5.41) is 0.453. The minimum absolute atomic E-state index is 0.453. The largest absolute Gasteiger partial charge is 0.123 e. The van der Waals surface area contributed by atoms with E-state index in [0.717, 1.165) is 17.8 Å². The lowest BCUT2D eigenvalue weighted by molar-refractivity contribution is 0.152. The van der Waals surface area contributed by atoms with E-state index in [1.54, 1.807) is 0 Å². The van der Waals surface area contributed by atoms with Gasteiger partial charge in [0.25, 0.3) is 0 Å². The molecule has 0 aliphatic heterocycles. The summed E-state index contributed by atoms with van der Waals surface area (Å²) in [7, 11) is 0. The molecule has 0 aromatic carbocycles. The second-order valence-electron chi connectivity index (χ2n) is 5.47. The van der Waals surface area contributed by atoms with E-state index in [9.17, 15) is 0 Å². The third-order valence-corrected chi connectivity index (χ3v) is 5.32. The second kappa shape index (κ2) is 4.43. The fourth-order valence-corrected chi connectivity index (χ4v) is 3.82. The van der Waals surface area contributed by atoms with Crippen LogP contribution in [0, 0.1) is 11.3 Å². The third-order valence-electron chi connectivity index (χ3n) is 4.66. The fraction of sp³-hybridized carbons (Fsp3) is 1.00. The van der Waals surface area contributed by atoms with E-state index in [-0.39, 0.29) is 0 Å². The minimum Gasteiger partial charge on any atom is -0.123 e. The van der Waals surface area contributed by atoms with Crippen molar-refractivity contribution >= 4 is 11.6 Å². The van der Waals surface area contributed by atoms with E-state index >= 15 is 0 Å². The Morgan fingerprint density at radius 1 is 1.14 bits per heavy atom. The van der Waals surface area contributed by atoms with Gasteiger partial charge in [-0.2, -0.15) is 0 Å². The van der Waals surface area contributed by atoms with E-state index in [1.807, 2.05) is 0 Å². The van der Waals surface area contributed by atoms with Gasteiger partial charge in [0.15, 0.2) is 0 Å². The molecular weight excluding hydrogens is 192 g/mol. The van der Waals surface area contributed by atoms with Crippen LogP contribution in [0.3, 0.4) is 0 Å². The van der Waals surface area contributed by atoms with Crippen LogP contribution in [0.25, 0.3) is 0 Å². The van der Waals surface area contributed by atoms with Crippen LogP contribution in [0.2, 0.25) is 0 Å². The molecule has 1 spiro atoms. The van der Waals surface area contributed by atoms with Gasteiger partial charge in [-0.25, -0.2) is 0 Å². The molecule has 2 fully saturated rings. The molecule has 14 heavy (non-hydrogen) atoms. The molecule has 1 unspecified atom stereocenters. The Morgan fingerprint density at radius 3 is 2.21 bits per heavy atom. The van der Waals surface area contributed by atoms with Crippen LogP contribution in [0.5, 0.6) is 0 Å². The van der Waals surface area contributed by atoms with Crippen LogP contribution >= 0.6 is 11.6 Å².